The number of benzene rings is 1. The minimum absolute atomic E-state index is 0.0605. The van der Waals surface area contributed by atoms with Crippen molar-refractivity contribution < 1.29 is 28.6 Å². The maximum atomic E-state index is 12.6. The quantitative estimate of drug-likeness (QED) is 0.759. The third-order valence-corrected chi connectivity index (χ3v) is 3.94. The highest BCUT2D eigenvalue weighted by Crippen LogP contribution is 2.29. The first-order chi connectivity index (χ1) is 12.9. The fourth-order valence-corrected chi connectivity index (χ4v) is 2.81. The highest BCUT2D eigenvalue weighted by molar-refractivity contribution is 5.93. The van der Waals surface area contributed by atoms with E-state index < -0.39 is 35.5 Å². The van der Waals surface area contributed by atoms with Crippen molar-refractivity contribution in [3.63, 3.8) is 0 Å². The molecule has 1 fully saturated rings. The van der Waals surface area contributed by atoms with Crippen LogP contribution in [0, 0.1) is 0 Å². The Morgan fingerprint density at radius 2 is 2.00 bits per heavy atom. The zero-order chi connectivity index (χ0) is 21.1. The second-order valence-electron chi connectivity index (χ2n) is 7.93. The molecule has 28 heavy (non-hydrogen) atoms. The molecule has 1 aromatic rings. The van der Waals surface area contributed by atoms with Gasteiger partial charge in [-0.3, -0.25) is 4.90 Å². The van der Waals surface area contributed by atoms with Crippen LogP contribution < -0.4 is 11.1 Å². The molecule has 154 valence electrons. The average molecular weight is 393 g/mol. The first-order valence-corrected chi connectivity index (χ1v) is 8.89. The number of anilines is 1. The maximum absolute atomic E-state index is 12.6. The molecular weight excluding hydrogens is 366 g/mol. The van der Waals surface area contributed by atoms with Gasteiger partial charge in [0.15, 0.2) is 0 Å². The standard InChI is InChI=1S/C19H27N3O6/c1-18(2,3)28-17(25)22-14(11-27-19(22,4)5)10-26-15(23)12-7-6-8-13(9-12)21-16(20)24/h6-9,14H,10-11H2,1-5H3,(H3,20,21,24)/t14-/m1/s1. The number of nitrogens with one attached hydrogen (secondary N) is 1. The smallest absolute Gasteiger partial charge is 0.413 e. The Balaban J connectivity index is 2.05. The van der Waals surface area contributed by atoms with Gasteiger partial charge >= 0.3 is 18.1 Å². The molecule has 0 unspecified atom stereocenters. The van der Waals surface area contributed by atoms with Crippen LogP contribution in [0.5, 0.6) is 0 Å². The van der Waals surface area contributed by atoms with Crippen molar-refractivity contribution in [2.75, 3.05) is 18.5 Å². The van der Waals surface area contributed by atoms with E-state index in [-0.39, 0.29) is 18.8 Å². The molecule has 0 spiro atoms. The molecule has 1 aromatic carbocycles. The highest BCUT2D eigenvalue weighted by Gasteiger charge is 2.46. The van der Waals surface area contributed by atoms with Crippen molar-refractivity contribution in [2.45, 2.75) is 52.0 Å². The first-order valence-electron chi connectivity index (χ1n) is 8.89. The van der Waals surface area contributed by atoms with E-state index >= 15 is 0 Å². The number of esters is 1. The zero-order valence-corrected chi connectivity index (χ0v) is 16.8. The van der Waals surface area contributed by atoms with Gasteiger partial charge in [0.05, 0.1) is 18.2 Å². The molecule has 1 aliphatic rings. The molecule has 1 heterocycles. The summed E-state index contributed by atoms with van der Waals surface area (Å²) in [5, 5.41) is 2.39. The van der Waals surface area contributed by atoms with Gasteiger partial charge in [0.1, 0.15) is 17.9 Å². The van der Waals surface area contributed by atoms with Gasteiger partial charge in [-0.2, -0.15) is 0 Å². The van der Waals surface area contributed by atoms with E-state index in [4.69, 9.17) is 19.9 Å². The Morgan fingerprint density at radius 1 is 1.32 bits per heavy atom. The van der Waals surface area contributed by atoms with Crippen LogP contribution in [0.15, 0.2) is 24.3 Å². The number of hydrogen-bond donors (Lipinski definition) is 2. The number of urea groups is 1. The van der Waals surface area contributed by atoms with Gasteiger partial charge in [-0.15, -0.1) is 0 Å². The molecule has 1 atom stereocenters. The second kappa shape index (κ2) is 8.05. The van der Waals surface area contributed by atoms with Crippen molar-refractivity contribution in [3.8, 4) is 0 Å². The van der Waals surface area contributed by atoms with Gasteiger partial charge < -0.3 is 25.3 Å². The van der Waals surface area contributed by atoms with Crippen LogP contribution in [0.3, 0.4) is 0 Å². The fourth-order valence-electron chi connectivity index (χ4n) is 2.81. The van der Waals surface area contributed by atoms with Crippen molar-refractivity contribution in [3.05, 3.63) is 29.8 Å². The summed E-state index contributed by atoms with van der Waals surface area (Å²) in [6, 6.07) is 4.98. The summed E-state index contributed by atoms with van der Waals surface area (Å²) in [6.45, 7) is 8.97. The monoisotopic (exact) mass is 393 g/mol. The summed E-state index contributed by atoms with van der Waals surface area (Å²) >= 11 is 0. The van der Waals surface area contributed by atoms with Crippen LogP contribution in [0.4, 0.5) is 15.3 Å². The lowest BCUT2D eigenvalue weighted by Crippen LogP contribution is -2.51. The van der Waals surface area contributed by atoms with Crippen LogP contribution in [-0.2, 0) is 14.2 Å². The van der Waals surface area contributed by atoms with Crippen molar-refractivity contribution in [1.29, 1.82) is 0 Å². The topological polar surface area (TPSA) is 120 Å². The molecule has 0 radical (unpaired) electrons. The number of primary amides is 1. The summed E-state index contributed by atoms with van der Waals surface area (Å²) in [6.07, 6.45) is -0.538. The van der Waals surface area contributed by atoms with Gasteiger partial charge in [-0.25, -0.2) is 14.4 Å². The summed E-state index contributed by atoms with van der Waals surface area (Å²) in [4.78, 5) is 37.3. The Hall–Kier alpha value is -2.81. The van der Waals surface area contributed by atoms with Gasteiger partial charge in [-0.1, -0.05) is 6.07 Å². The minimum atomic E-state index is -0.884. The van der Waals surface area contributed by atoms with Gasteiger partial charge in [0.2, 0.25) is 0 Å². The van der Waals surface area contributed by atoms with Crippen molar-refractivity contribution >= 4 is 23.8 Å². The second-order valence-corrected chi connectivity index (χ2v) is 7.93. The lowest BCUT2D eigenvalue weighted by atomic mass is 10.2. The average Bonchev–Trinajstić information content (AvgIpc) is 2.85. The predicted molar refractivity (Wildman–Crippen MR) is 102 cm³/mol. The predicted octanol–water partition coefficient (Wildman–Crippen LogP) is 2.71. The number of carbonyl (C=O) groups excluding carboxylic acids is 3. The lowest BCUT2D eigenvalue weighted by molar-refractivity contribution is -0.0647. The van der Waals surface area contributed by atoms with Crippen LogP contribution in [0.2, 0.25) is 0 Å². The number of carbonyl (C=O) groups is 3. The highest BCUT2D eigenvalue weighted by atomic mass is 16.6. The Morgan fingerprint density at radius 3 is 2.61 bits per heavy atom. The van der Waals surface area contributed by atoms with E-state index in [0.717, 1.165) is 0 Å². The number of amides is 3. The summed E-state index contributed by atoms with van der Waals surface area (Å²) in [7, 11) is 0. The van der Waals surface area contributed by atoms with E-state index in [1.54, 1.807) is 52.8 Å². The molecule has 9 nitrogen and oxygen atoms in total. The molecule has 0 saturated carbocycles. The molecule has 9 heteroatoms. The molecule has 1 saturated heterocycles. The third-order valence-electron chi connectivity index (χ3n) is 3.94. The largest absolute Gasteiger partial charge is 0.460 e. The number of nitrogens with zero attached hydrogens (tertiary/aromatic N) is 1. The Kier molecular flexibility index (Phi) is 6.18. The normalized spacial score (nSPS) is 18.5. The fraction of sp³-hybridized carbons (Fsp3) is 0.526. The van der Waals surface area contributed by atoms with Crippen LogP contribution in [-0.4, -0.2) is 53.6 Å². The molecule has 2 rings (SSSR count). The Bertz CT molecular complexity index is 756. The third kappa shape index (κ3) is 5.59. The maximum Gasteiger partial charge on any atom is 0.413 e. The van der Waals surface area contributed by atoms with Gasteiger partial charge in [0, 0.05) is 5.69 Å². The number of ether oxygens (including phenoxy) is 3. The molecule has 0 aliphatic carbocycles. The lowest BCUT2D eigenvalue weighted by Gasteiger charge is -2.34. The van der Waals surface area contributed by atoms with E-state index in [9.17, 15) is 14.4 Å². The van der Waals surface area contributed by atoms with Crippen molar-refractivity contribution in [2.24, 2.45) is 5.73 Å². The molecule has 1 aliphatic heterocycles. The van der Waals surface area contributed by atoms with E-state index in [1.165, 1.54) is 11.0 Å². The number of nitrogens with two attached hydrogens (primary N) is 1. The molecule has 3 N–H and O–H groups in total. The summed E-state index contributed by atoms with van der Waals surface area (Å²) in [5.74, 6) is -0.595. The van der Waals surface area contributed by atoms with Crippen LogP contribution >= 0.6 is 0 Å². The summed E-state index contributed by atoms with van der Waals surface area (Å²) < 4.78 is 16.5. The molecular formula is C19H27N3O6. The zero-order valence-electron chi connectivity index (χ0n) is 16.8. The van der Waals surface area contributed by atoms with E-state index in [0.29, 0.717) is 5.69 Å². The van der Waals surface area contributed by atoms with E-state index in [1.807, 2.05) is 0 Å². The van der Waals surface area contributed by atoms with Crippen molar-refractivity contribution in [1.82, 2.24) is 4.90 Å². The molecule has 0 aromatic heterocycles. The van der Waals surface area contributed by atoms with Gasteiger partial charge in [-0.05, 0) is 52.8 Å². The SMILES string of the molecule is CC(C)(C)OC(=O)N1[C@H](COC(=O)c2cccc(NC(N)=O)c2)COC1(C)C. The number of rotatable bonds is 4. The summed E-state index contributed by atoms with van der Waals surface area (Å²) in [5.41, 5.74) is 4.15. The number of hydrogen-bond acceptors (Lipinski definition) is 6. The van der Waals surface area contributed by atoms with Crippen LogP contribution in [0.25, 0.3) is 0 Å². The van der Waals surface area contributed by atoms with Crippen LogP contribution in [0.1, 0.15) is 45.0 Å². The van der Waals surface area contributed by atoms with Gasteiger partial charge in [0.25, 0.3) is 0 Å². The van der Waals surface area contributed by atoms with E-state index in [2.05, 4.69) is 5.32 Å². The molecule has 0 bridgehead atoms. The minimum Gasteiger partial charge on any atom is -0.460 e. The first kappa shape index (κ1) is 21.5. The molecule has 3 amide bonds. The Labute approximate surface area is 164 Å².